The summed E-state index contributed by atoms with van der Waals surface area (Å²) in [6.45, 7) is 3.64. The van der Waals surface area contributed by atoms with Crippen molar-refractivity contribution in [3.8, 4) is 0 Å². The van der Waals surface area contributed by atoms with Crippen LogP contribution in [0.25, 0.3) is 0 Å². The van der Waals surface area contributed by atoms with E-state index in [9.17, 15) is 17.6 Å². The highest BCUT2D eigenvalue weighted by Gasteiger charge is 2.21. The van der Waals surface area contributed by atoms with Gasteiger partial charge in [-0.25, -0.2) is 22.7 Å². The average molecular weight is 368 g/mol. The largest absolute Gasteiger partial charge is 0.459 e. The van der Waals surface area contributed by atoms with E-state index in [0.717, 1.165) is 18.6 Å². The van der Waals surface area contributed by atoms with Crippen LogP contribution in [0.1, 0.15) is 37.0 Å². The van der Waals surface area contributed by atoms with Crippen molar-refractivity contribution in [2.45, 2.75) is 37.7 Å². The Labute approximate surface area is 125 Å². The molecular weight excluding hydrogens is 353 g/mol. The van der Waals surface area contributed by atoms with Crippen LogP contribution in [0.3, 0.4) is 0 Å². The molecule has 112 valence electrons. The zero-order chi connectivity index (χ0) is 15.5. The molecule has 1 atom stereocenters. The SMILES string of the molecule is CCCC(C)OC(=O)c1cc(F)c(Br)c(S(N)(=O)=O)c1. The van der Waals surface area contributed by atoms with Gasteiger partial charge in [-0.1, -0.05) is 13.3 Å². The number of ether oxygens (including phenoxy) is 1. The van der Waals surface area contributed by atoms with Crippen molar-refractivity contribution >= 4 is 31.9 Å². The minimum Gasteiger partial charge on any atom is -0.459 e. The third-order valence-corrected chi connectivity index (χ3v) is 4.54. The van der Waals surface area contributed by atoms with Gasteiger partial charge in [-0.2, -0.15) is 0 Å². The summed E-state index contributed by atoms with van der Waals surface area (Å²) in [5.41, 5.74) is -0.197. The molecule has 1 aromatic rings. The van der Waals surface area contributed by atoms with Gasteiger partial charge in [-0.3, -0.25) is 0 Å². The molecule has 0 heterocycles. The number of halogens is 2. The number of carbonyl (C=O) groups is 1. The van der Waals surface area contributed by atoms with Crippen LogP contribution >= 0.6 is 15.9 Å². The number of carbonyl (C=O) groups excluding carboxylic acids is 1. The molecule has 0 aliphatic carbocycles. The van der Waals surface area contributed by atoms with Crippen molar-refractivity contribution in [3.05, 3.63) is 28.0 Å². The number of benzene rings is 1. The lowest BCUT2D eigenvalue weighted by Crippen LogP contribution is -2.18. The van der Waals surface area contributed by atoms with Gasteiger partial charge in [0.05, 0.1) is 21.0 Å². The van der Waals surface area contributed by atoms with Crippen LogP contribution < -0.4 is 5.14 Å². The van der Waals surface area contributed by atoms with Gasteiger partial charge < -0.3 is 4.74 Å². The normalized spacial score (nSPS) is 13.1. The molecule has 1 unspecified atom stereocenters. The first-order valence-corrected chi connectivity index (χ1v) is 8.23. The van der Waals surface area contributed by atoms with Crippen molar-refractivity contribution in [2.75, 3.05) is 0 Å². The number of primary sulfonamides is 1. The van der Waals surface area contributed by atoms with Crippen molar-refractivity contribution in [2.24, 2.45) is 5.14 Å². The maximum absolute atomic E-state index is 13.6. The fourth-order valence-corrected chi connectivity index (χ4v) is 3.15. The third kappa shape index (κ3) is 4.26. The van der Waals surface area contributed by atoms with E-state index in [0.29, 0.717) is 6.42 Å². The Hall–Kier alpha value is -0.990. The lowest BCUT2D eigenvalue weighted by atomic mass is 10.2. The lowest BCUT2D eigenvalue weighted by molar-refractivity contribution is 0.0322. The second-order valence-electron chi connectivity index (χ2n) is 4.32. The number of nitrogens with two attached hydrogens (primary N) is 1. The van der Waals surface area contributed by atoms with Gasteiger partial charge in [0.2, 0.25) is 10.0 Å². The van der Waals surface area contributed by atoms with Crippen LogP contribution in [0.5, 0.6) is 0 Å². The Morgan fingerprint density at radius 3 is 2.60 bits per heavy atom. The standard InChI is InChI=1S/C12H15BrFNO4S/c1-3-4-7(2)19-12(16)8-5-9(14)11(13)10(6-8)20(15,17)18/h5-7H,3-4H2,1-2H3,(H2,15,17,18). The summed E-state index contributed by atoms with van der Waals surface area (Å²) in [4.78, 5) is 11.3. The summed E-state index contributed by atoms with van der Waals surface area (Å²) in [5.74, 6) is -1.69. The van der Waals surface area contributed by atoms with E-state index in [4.69, 9.17) is 9.88 Å². The molecule has 8 heteroatoms. The molecule has 0 aliphatic heterocycles. The van der Waals surface area contributed by atoms with E-state index in [2.05, 4.69) is 15.9 Å². The number of hydrogen-bond donors (Lipinski definition) is 1. The van der Waals surface area contributed by atoms with Crippen molar-refractivity contribution < 1.29 is 22.3 Å². The topological polar surface area (TPSA) is 86.5 Å². The summed E-state index contributed by atoms with van der Waals surface area (Å²) >= 11 is 2.79. The van der Waals surface area contributed by atoms with Crippen molar-refractivity contribution in [3.63, 3.8) is 0 Å². The molecule has 1 rings (SSSR count). The van der Waals surface area contributed by atoms with E-state index < -0.39 is 26.7 Å². The predicted octanol–water partition coefficient (Wildman–Crippen LogP) is 2.58. The number of hydrogen-bond acceptors (Lipinski definition) is 4. The highest BCUT2D eigenvalue weighted by molar-refractivity contribution is 9.10. The Morgan fingerprint density at radius 2 is 2.10 bits per heavy atom. The highest BCUT2D eigenvalue weighted by Crippen LogP contribution is 2.26. The smallest absolute Gasteiger partial charge is 0.338 e. The van der Waals surface area contributed by atoms with Crippen LogP contribution in [0, 0.1) is 5.82 Å². The molecule has 5 nitrogen and oxygen atoms in total. The van der Waals surface area contributed by atoms with Crippen LogP contribution in [0.4, 0.5) is 4.39 Å². The molecule has 2 N–H and O–H groups in total. The first kappa shape index (κ1) is 17.1. The first-order valence-electron chi connectivity index (χ1n) is 5.89. The van der Waals surface area contributed by atoms with Crippen LogP contribution in [0.15, 0.2) is 21.5 Å². The minimum absolute atomic E-state index is 0.197. The van der Waals surface area contributed by atoms with Gasteiger partial charge in [0.1, 0.15) is 5.82 Å². The second kappa shape index (κ2) is 6.64. The zero-order valence-corrected chi connectivity index (χ0v) is 13.4. The van der Waals surface area contributed by atoms with Crippen molar-refractivity contribution in [1.82, 2.24) is 0 Å². The Morgan fingerprint density at radius 1 is 1.50 bits per heavy atom. The molecule has 0 amide bonds. The Balaban J connectivity index is 3.15. The van der Waals surface area contributed by atoms with Gasteiger partial charge in [0.25, 0.3) is 0 Å². The molecule has 0 spiro atoms. The van der Waals surface area contributed by atoms with Gasteiger partial charge in [0.15, 0.2) is 0 Å². The summed E-state index contributed by atoms with van der Waals surface area (Å²) in [6.07, 6.45) is 1.15. The maximum atomic E-state index is 13.6. The van der Waals surface area contributed by atoms with Gasteiger partial charge >= 0.3 is 5.97 Å². The average Bonchev–Trinajstić information content (AvgIpc) is 2.30. The highest BCUT2D eigenvalue weighted by atomic mass is 79.9. The first-order chi connectivity index (χ1) is 9.16. The number of esters is 1. The third-order valence-electron chi connectivity index (χ3n) is 2.54. The monoisotopic (exact) mass is 367 g/mol. The van der Waals surface area contributed by atoms with E-state index in [1.165, 1.54) is 0 Å². The molecule has 0 saturated heterocycles. The fourth-order valence-electron chi connectivity index (χ4n) is 1.60. The van der Waals surface area contributed by atoms with Crippen LogP contribution in [0.2, 0.25) is 0 Å². The molecule has 0 bridgehead atoms. The summed E-state index contributed by atoms with van der Waals surface area (Å²) in [7, 11) is -4.15. The van der Waals surface area contributed by atoms with Crippen LogP contribution in [-0.4, -0.2) is 20.5 Å². The zero-order valence-electron chi connectivity index (χ0n) is 11.0. The maximum Gasteiger partial charge on any atom is 0.338 e. The Kier molecular flexibility index (Phi) is 5.67. The lowest BCUT2D eigenvalue weighted by Gasteiger charge is -2.13. The van der Waals surface area contributed by atoms with E-state index in [1.807, 2.05) is 6.92 Å². The van der Waals surface area contributed by atoms with Crippen LogP contribution in [-0.2, 0) is 14.8 Å². The molecule has 0 aromatic heterocycles. The molecule has 1 aromatic carbocycles. The molecule has 20 heavy (non-hydrogen) atoms. The summed E-state index contributed by atoms with van der Waals surface area (Å²) in [5, 5.41) is 4.97. The fraction of sp³-hybridized carbons (Fsp3) is 0.417. The van der Waals surface area contributed by atoms with E-state index in [-0.39, 0.29) is 16.1 Å². The second-order valence-corrected chi connectivity index (χ2v) is 6.64. The van der Waals surface area contributed by atoms with Gasteiger partial charge in [-0.15, -0.1) is 0 Å². The molecule has 0 fully saturated rings. The van der Waals surface area contributed by atoms with Gasteiger partial charge in [0, 0.05) is 0 Å². The minimum atomic E-state index is -4.15. The molecule has 0 radical (unpaired) electrons. The molecule has 0 aliphatic rings. The molecule has 0 saturated carbocycles. The van der Waals surface area contributed by atoms with E-state index in [1.54, 1.807) is 6.92 Å². The number of sulfonamides is 1. The predicted molar refractivity (Wildman–Crippen MR) is 75.3 cm³/mol. The Bertz CT molecular complexity index is 618. The summed E-state index contributed by atoms with van der Waals surface area (Å²) in [6, 6.07) is 1.89. The van der Waals surface area contributed by atoms with Gasteiger partial charge in [-0.05, 0) is 41.4 Å². The quantitative estimate of drug-likeness (QED) is 0.810. The molecular formula is C12H15BrFNO4S. The van der Waals surface area contributed by atoms with Crippen molar-refractivity contribution in [1.29, 1.82) is 0 Å². The van der Waals surface area contributed by atoms with E-state index >= 15 is 0 Å². The summed E-state index contributed by atoms with van der Waals surface area (Å²) < 4.78 is 41.1. The number of rotatable bonds is 5.